The second kappa shape index (κ2) is 7.82. The van der Waals surface area contributed by atoms with Crippen molar-refractivity contribution >= 4 is 11.7 Å². The van der Waals surface area contributed by atoms with E-state index in [1.807, 2.05) is 11.8 Å². The molecule has 9 heteroatoms. The maximum Gasteiger partial charge on any atom is 0.255 e. The molecule has 31 heavy (non-hydrogen) atoms. The maximum absolute atomic E-state index is 13.1. The minimum absolute atomic E-state index is 0.0497. The Hall–Kier alpha value is -3.75. The van der Waals surface area contributed by atoms with Crippen molar-refractivity contribution in [2.24, 2.45) is 0 Å². The third kappa shape index (κ3) is 3.63. The van der Waals surface area contributed by atoms with Gasteiger partial charge in [-0.3, -0.25) is 14.2 Å². The van der Waals surface area contributed by atoms with E-state index in [-0.39, 0.29) is 23.9 Å². The number of ether oxygens (including phenoxy) is 2. The van der Waals surface area contributed by atoms with Gasteiger partial charge in [0.15, 0.2) is 17.3 Å². The van der Waals surface area contributed by atoms with Crippen molar-refractivity contribution in [2.45, 2.75) is 25.9 Å². The van der Waals surface area contributed by atoms with Crippen molar-refractivity contribution in [3.63, 3.8) is 0 Å². The van der Waals surface area contributed by atoms with Crippen molar-refractivity contribution < 1.29 is 14.3 Å². The summed E-state index contributed by atoms with van der Waals surface area (Å²) in [6.45, 7) is 3.64. The largest absolute Gasteiger partial charge is 0.486 e. The Morgan fingerprint density at radius 3 is 2.77 bits per heavy atom. The monoisotopic (exact) mass is 419 g/mol. The van der Waals surface area contributed by atoms with Crippen molar-refractivity contribution in [1.82, 2.24) is 19.5 Å². The molecular weight excluding hydrogens is 398 g/mol. The highest BCUT2D eigenvalue weighted by atomic mass is 16.6. The zero-order chi connectivity index (χ0) is 21.4. The van der Waals surface area contributed by atoms with Crippen molar-refractivity contribution in [2.75, 3.05) is 24.7 Å². The fraction of sp³-hybridized carbons (Fsp3) is 0.318. The Kier molecular flexibility index (Phi) is 4.85. The first kappa shape index (κ1) is 19.2. The van der Waals surface area contributed by atoms with Gasteiger partial charge >= 0.3 is 0 Å². The van der Waals surface area contributed by atoms with Gasteiger partial charge in [-0.05, 0) is 37.6 Å². The molecule has 0 N–H and O–H groups in total. The molecule has 0 bridgehead atoms. The standard InChI is InChI=1S/C22H21N5O4/c1-14-5-7-26-21(29)11-17(16-4-6-23-13-24-16)25-22(26)27(14)12-18(28)15-2-3-19-20(10-15)31-9-8-30-19/h2-4,6,10-11,13-14H,5,7-9,12H2,1H3. The summed E-state index contributed by atoms with van der Waals surface area (Å²) >= 11 is 0. The number of benzene rings is 1. The highest BCUT2D eigenvalue weighted by Gasteiger charge is 2.28. The van der Waals surface area contributed by atoms with E-state index in [1.54, 1.807) is 35.0 Å². The van der Waals surface area contributed by atoms with E-state index in [0.717, 1.165) is 6.42 Å². The SMILES string of the molecule is CC1CCn2c(nc(-c3ccncn3)cc2=O)N1CC(=O)c1ccc2c(c1)OCCO2. The predicted molar refractivity (Wildman–Crippen MR) is 113 cm³/mol. The summed E-state index contributed by atoms with van der Waals surface area (Å²) in [5, 5.41) is 0. The van der Waals surface area contributed by atoms with Crippen LogP contribution in [0.3, 0.4) is 0 Å². The van der Waals surface area contributed by atoms with Crippen LogP contribution in [-0.4, -0.2) is 51.1 Å². The number of Topliss-reactive ketones (excluding diaryl/α,β-unsaturated/α-hetero) is 1. The third-order valence-electron chi connectivity index (χ3n) is 5.57. The van der Waals surface area contributed by atoms with E-state index in [0.29, 0.717) is 54.2 Å². The number of hydrogen-bond donors (Lipinski definition) is 0. The number of fused-ring (bicyclic) bond motifs is 2. The summed E-state index contributed by atoms with van der Waals surface area (Å²) in [5.74, 6) is 1.61. The van der Waals surface area contributed by atoms with Crippen molar-refractivity contribution in [1.29, 1.82) is 0 Å². The predicted octanol–water partition coefficient (Wildman–Crippen LogP) is 1.95. The Labute approximate surface area is 178 Å². The molecule has 5 rings (SSSR count). The zero-order valence-corrected chi connectivity index (χ0v) is 17.0. The molecule has 0 saturated heterocycles. The Bertz CT molecular complexity index is 1190. The van der Waals surface area contributed by atoms with Crippen molar-refractivity contribution in [3.05, 3.63) is 58.8 Å². The number of carbonyl (C=O) groups excluding carboxylic acids is 1. The highest BCUT2D eigenvalue weighted by molar-refractivity contribution is 5.99. The minimum Gasteiger partial charge on any atom is -0.486 e. The zero-order valence-electron chi connectivity index (χ0n) is 17.0. The van der Waals surface area contributed by atoms with E-state index >= 15 is 0 Å². The van der Waals surface area contributed by atoms with Gasteiger partial charge < -0.3 is 14.4 Å². The lowest BCUT2D eigenvalue weighted by Gasteiger charge is -2.36. The van der Waals surface area contributed by atoms with Crippen LogP contribution in [0.25, 0.3) is 11.4 Å². The number of ketones is 1. The fourth-order valence-corrected chi connectivity index (χ4v) is 3.85. The molecule has 0 radical (unpaired) electrons. The molecular formula is C22H21N5O4. The van der Waals surface area contributed by atoms with Crippen LogP contribution < -0.4 is 19.9 Å². The molecule has 4 heterocycles. The Morgan fingerprint density at radius 1 is 1.13 bits per heavy atom. The molecule has 9 nitrogen and oxygen atoms in total. The third-order valence-corrected chi connectivity index (χ3v) is 5.57. The van der Waals surface area contributed by atoms with Gasteiger partial charge in [-0.1, -0.05) is 0 Å². The Balaban J connectivity index is 1.48. The summed E-state index contributed by atoms with van der Waals surface area (Å²) in [5.41, 5.74) is 1.39. The van der Waals surface area contributed by atoms with Gasteiger partial charge in [-0.15, -0.1) is 0 Å². The minimum atomic E-state index is -0.165. The topological polar surface area (TPSA) is 99.4 Å². The van der Waals surface area contributed by atoms with Crippen LogP contribution in [0.4, 0.5) is 5.95 Å². The molecule has 0 spiro atoms. The van der Waals surface area contributed by atoms with E-state index in [2.05, 4.69) is 9.97 Å². The van der Waals surface area contributed by atoms with E-state index in [1.165, 1.54) is 12.4 Å². The number of carbonyl (C=O) groups is 1. The molecule has 3 aromatic rings. The number of hydrogen-bond acceptors (Lipinski definition) is 8. The van der Waals surface area contributed by atoms with E-state index in [4.69, 9.17) is 14.5 Å². The molecule has 1 aromatic carbocycles. The van der Waals surface area contributed by atoms with Gasteiger partial charge in [-0.2, -0.15) is 0 Å². The molecule has 158 valence electrons. The average molecular weight is 419 g/mol. The van der Waals surface area contributed by atoms with Gasteiger partial charge in [0.05, 0.1) is 17.9 Å². The van der Waals surface area contributed by atoms with Crippen LogP contribution in [-0.2, 0) is 6.54 Å². The first-order valence-electron chi connectivity index (χ1n) is 10.2. The van der Waals surface area contributed by atoms with Crippen LogP contribution in [0.15, 0.2) is 47.7 Å². The normalized spacial score (nSPS) is 17.2. The summed E-state index contributed by atoms with van der Waals surface area (Å²) in [6.07, 6.45) is 3.77. The molecule has 0 aliphatic carbocycles. The molecule has 1 atom stereocenters. The highest BCUT2D eigenvalue weighted by Crippen LogP contribution is 2.31. The lowest BCUT2D eigenvalue weighted by Crippen LogP contribution is -2.46. The average Bonchev–Trinajstić information content (AvgIpc) is 2.81. The number of nitrogens with zero attached hydrogens (tertiary/aromatic N) is 5. The van der Waals surface area contributed by atoms with Crippen LogP contribution in [0.5, 0.6) is 11.5 Å². The molecule has 2 aliphatic rings. The van der Waals surface area contributed by atoms with Crippen molar-refractivity contribution in [3.8, 4) is 22.9 Å². The van der Waals surface area contributed by atoms with Gasteiger partial charge in [-0.25, -0.2) is 15.0 Å². The number of rotatable bonds is 4. The van der Waals surface area contributed by atoms with Gasteiger partial charge in [0.2, 0.25) is 5.95 Å². The second-order valence-electron chi connectivity index (χ2n) is 7.57. The summed E-state index contributed by atoms with van der Waals surface area (Å²) in [6, 6.07) is 8.43. The number of anilines is 1. The van der Waals surface area contributed by atoms with Gasteiger partial charge in [0, 0.05) is 30.4 Å². The van der Waals surface area contributed by atoms with Crippen LogP contribution in [0, 0.1) is 0 Å². The van der Waals surface area contributed by atoms with Gasteiger partial charge in [0.1, 0.15) is 19.5 Å². The summed E-state index contributed by atoms with van der Waals surface area (Å²) < 4.78 is 12.7. The molecule has 2 aromatic heterocycles. The summed E-state index contributed by atoms with van der Waals surface area (Å²) in [4.78, 5) is 40.6. The first-order chi connectivity index (χ1) is 15.1. The molecule has 0 saturated carbocycles. The quantitative estimate of drug-likeness (QED) is 0.592. The van der Waals surface area contributed by atoms with E-state index < -0.39 is 0 Å². The first-order valence-corrected chi connectivity index (χ1v) is 10.2. The molecule has 0 amide bonds. The van der Waals surface area contributed by atoms with Crippen LogP contribution in [0.1, 0.15) is 23.7 Å². The summed E-state index contributed by atoms with van der Waals surface area (Å²) in [7, 11) is 0. The van der Waals surface area contributed by atoms with Crippen LogP contribution >= 0.6 is 0 Å². The van der Waals surface area contributed by atoms with Gasteiger partial charge in [0.25, 0.3) is 5.56 Å². The van der Waals surface area contributed by atoms with E-state index in [9.17, 15) is 9.59 Å². The molecule has 2 aliphatic heterocycles. The number of aromatic nitrogens is 4. The lowest BCUT2D eigenvalue weighted by molar-refractivity contribution is 0.0993. The Morgan fingerprint density at radius 2 is 1.97 bits per heavy atom. The lowest BCUT2D eigenvalue weighted by atomic mass is 10.1. The molecule has 0 fully saturated rings. The maximum atomic E-state index is 13.1. The fourth-order valence-electron chi connectivity index (χ4n) is 3.85. The second-order valence-corrected chi connectivity index (χ2v) is 7.57. The molecule has 1 unspecified atom stereocenters. The smallest absolute Gasteiger partial charge is 0.255 e. The van der Waals surface area contributed by atoms with Crippen LogP contribution in [0.2, 0.25) is 0 Å².